The minimum Gasteiger partial charge on any atom is -0.496 e. The van der Waals surface area contributed by atoms with Crippen LogP contribution in [0.2, 0.25) is 0 Å². The Labute approximate surface area is 194 Å². The normalized spacial score (nSPS) is 19.6. The highest BCUT2D eigenvalue weighted by molar-refractivity contribution is 5.97. The largest absolute Gasteiger partial charge is 0.496 e. The number of nitrogens with zero attached hydrogens (tertiary/aromatic N) is 1. The molecule has 0 radical (unpaired) electrons. The van der Waals surface area contributed by atoms with Crippen LogP contribution in [0.4, 0.5) is 0 Å². The van der Waals surface area contributed by atoms with Crippen LogP contribution in [0.5, 0.6) is 5.75 Å². The summed E-state index contributed by atoms with van der Waals surface area (Å²) in [4.78, 5) is 28.1. The Bertz CT molecular complexity index is 822. The number of benzene rings is 1. The maximum absolute atomic E-state index is 13.2. The number of unbranched alkanes of at least 4 members (excludes halogenated alkanes) is 1. The topological polar surface area (TPSA) is 46.6 Å². The summed E-state index contributed by atoms with van der Waals surface area (Å²) < 4.78 is 5.49. The lowest BCUT2D eigenvalue weighted by Gasteiger charge is -2.37. The summed E-state index contributed by atoms with van der Waals surface area (Å²) in [5.41, 5.74) is 4.43. The first-order chi connectivity index (χ1) is 15.4. The van der Waals surface area contributed by atoms with Gasteiger partial charge in [-0.15, -0.1) is 0 Å². The van der Waals surface area contributed by atoms with Gasteiger partial charge in [-0.05, 0) is 93.9 Å². The molecule has 0 bridgehead atoms. The first-order valence-corrected chi connectivity index (χ1v) is 12.6. The predicted octanol–water partition coefficient (Wildman–Crippen LogP) is 6.11. The molecular weight excluding hydrogens is 398 g/mol. The number of likely N-dealkylation sites (tertiary alicyclic amines) is 1. The predicted molar refractivity (Wildman–Crippen MR) is 130 cm³/mol. The van der Waals surface area contributed by atoms with Gasteiger partial charge in [0, 0.05) is 18.5 Å². The SMILES string of the molecule is C=C(C(=O)N1CCCCC1C(=O)CCCCc1cc(C)c(C)c(OC)c1)C1CCCCC1. The molecule has 1 amide bonds. The first-order valence-electron chi connectivity index (χ1n) is 12.6. The molecule has 1 atom stereocenters. The van der Waals surface area contributed by atoms with Crippen LogP contribution >= 0.6 is 0 Å². The molecule has 0 aromatic heterocycles. The Hall–Kier alpha value is -2.10. The van der Waals surface area contributed by atoms with Crippen LogP contribution in [0.3, 0.4) is 0 Å². The van der Waals surface area contributed by atoms with Crippen LogP contribution in [0.25, 0.3) is 0 Å². The van der Waals surface area contributed by atoms with E-state index in [2.05, 4.69) is 32.6 Å². The number of amides is 1. The Morgan fingerprint density at radius 1 is 1.03 bits per heavy atom. The third-order valence-electron chi connectivity index (χ3n) is 7.55. The Morgan fingerprint density at radius 3 is 2.47 bits per heavy atom. The third kappa shape index (κ3) is 6.02. The smallest absolute Gasteiger partial charge is 0.250 e. The van der Waals surface area contributed by atoms with Crippen molar-refractivity contribution in [3.05, 3.63) is 41.0 Å². The quantitative estimate of drug-likeness (QED) is 0.344. The van der Waals surface area contributed by atoms with Crippen molar-refractivity contribution in [1.82, 2.24) is 4.90 Å². The molecule has 4 nitrogen and oxygen atoms in total. The number of carbonyl (C=O) groups is 2. The number of aryl methyl sites for hydroxylation is 2. The number of carbonyl (C=O) groups excluding carboxylic acids is 2. The van der Waals surface area contributed by atoms with Gasteiger partial charge >= 0.3 is 0 Å². The van der Waals surface area contributed by atoms with Crippen LogP contribution in [0.15, 0.2) is 24.3 Å². The molecule has 2 fully saturated rings. The van der Waals surface area contributed by atoms with Gasteiger partial charge in [0.25, 0.3) is 0 Å². The molecule has 32 heavy (non-hydrogen) atoms. The van der Waals surface area contributed by atoms with E-state index in [1.807, 2.05) is 4.90 Å². The molecule has 1 unspecified atom stereocenters. The van der Waals surface area contributed by atoms with Crippen LogP contribution in [-0.4, -0.2) is 36.3 Å². The second-order valence-corrected chi connectivity index (χ2v) is 9.78. The standard InChI is InChI=1S/C28H41NO3/c1-20-18-23(19-27(32-4)21(20)2)12-8-9-16-26(30)25-15-10-11-17-29(25)28(31)22(3)24-13-6-5-7-14-24/h18-19,24-25H,3,5-17H2,1-2,4H3. The number of hydrogen-bond donors (Lipinski definition) is 0. The van der Waals surface area contributed by atoms with Gasteiger partial charge in [0.1, 0.15) is 5.75 Å². The average molecular weight is 440 g/mol. The van der Waals surface area contributed by atoms with Crippen molar-refractivity contribution in [3.63, 3.8) is 0 Å². The van der Waals surface area contributed by atoms with E-state index in [1.54, 1.807) is 7.11 Å². The van der Waals surface area contributed by atoms with Gasteiger partial charge in [0.05, 0.1) is 13.2 Å². The summed E-state index contributed by atoms with van der Waals surface area (Å²) in [5.74, 6) is 1.51. The number of methoxy groups -OCH3 is 1. The summed E-state index contributed by atoms with van der Waals surface area (Å²) >= 11 is 0. The van der Waals surface area contributed by atoms with E-state index in [0.717, 1.165) is 62.7 Å². The zero-order valence-electron chi connectivity index (χ0n) is 20.4. The van der Waals surface area contributed by atoms with E-state index in [1.165, 1.54) is 36.0 Å². The zero-order valence-corrected chi connectivity index (χ0v) is 20.4. The molecular formula is C28H41NO3. The maximum atomic E-state index is 13.2. The average Bonchev–Trinajstić information content (AvgIpc) is 2.83. The highest BCUT2D eigenvalue weighted by Gasteiger charge is 2.34. The van der Waals surface area contributed by atoms with Crippen LogP contribution in [-0.2, 0) is 16.0 Å². The van der Waals surface area contributed by atoms with Crippen molar-refractivity contribution in [1.29, 1.82) is 0 Å². The minimum atomic E-state index is -0.252. The van der Waals surface area contributed by atoms with Crippen LogP contribution in [0, 0.1) is 19.8 Å². The number of piperidine rings is 1. The van der Waals surface area contributed by atoms with E-state index in [0.29, 0.717) is 18.9 Å². The molecule has 1 aromatic carbocycles. The molecule has 1 aliphatic heterocycles. The van der Waals surface area contributed by atoms with E-state index >= 15 is 0 Å². The fourth-order valence-electron chi connectivity index (χ4n) is 5.37. The fourth-order valence-corrected chi connectivity index (χ4v) is 5.37. The number of rotatable bonds is 9. The van der Waals surface area contributed by atoms with E-state index in [-0.39, 0.29) is 17.7 Å². The second-order valence-electron chi connectivity index (χ2n) is 9.78. The molecule has 3 rings (SSSR count). The van der Waals surface area contributed by atoms with Crippen molar-refractivity contribution in [2.24, 2.45) is 5.92 Å². The highest BCUT2D eigenvalue weighted by Crippen LogP contribution is 2.31. The molecule has 176 valence electrons. The van der Waals surface area contributed by atoms with Gasteiger partial charge in [-0.1, -0.05) is 31.9 Å². The van der Waals surface area contributed by atoms with Gasteiger partial charge < -0.3 is 9.64 Å². The monoisotopic (exact) mass is 439 g/mol. The number of hydrogen-bond acceptors (Lipinski definition) is 3. The van der Waals surface area contributed by atoms with Crippen molar-refractivity contribution in [2.45, 2.75) is 96.9 Å². The highest BCUT2D eigenvalue weighted by atomic mass is 16.5. The van der Waals surface area contributed by atoms with Crippen LogP contribution < -0.4 is 4.74 Å². The van der Waals surface area contributed by atoms with E-state index in [4.69, 9.17) is 4.74 Å². The summed E-state index contributed by atoms with van der Waals surface area (Å²) in [7, 11) is 1.71. The molecule has 1 saturated carbocycles. The van der Waals surface area contributed by atoms with Gasteiger partial charge in [-0.3, -0.25) is 9.59 Å². The van der Waals surface area contributed by atoms with Crippen molar-refractivity contribution in [3.8, 4) is 5.75 Å². The molecule has 2 aliphatic rings. The molecule has 4 heteroatoms. The summed E-state index contributed by atoms with van der Waals surface area (Å²) in [5, 5.41) is 0. The van der Waals surface area contributed by atoms with Gasteiger partial charge in [0.2, 0.25) is 5.91 Å². The lowest BCUT2D eigenvalue weighted by molar-refractivity contribution is -0.139. The Balaban J connectivity index is 1.52. The van der Waals surface area contributed by atoms with Crippen molar-refractivity contribution in [2.75, 3.05) is 13.7 Å². The summed E-state index contributed by atoms with van der Waals surface area (Å²) in [6.07, 6.45) is 11.9. The van der Waals surface area contributed by atoms with Gasteiger partial charge in [-0.25, -0.2) is 0 Å². The molecule has 0 N–H and O–H groups in total. The lowest BCUT2D eigenvalue weighted by Crippen LogP contribution is -2.49. The van der Waals surface area contributed by atoms with Crippen molar-refractivity contribution >= 4 is 11.7 Å². The van der Waals surface area contributed by atoms with E-state index < -0.39 is 0 Å². The minimum absolute atomic E-state index is 0.0391. The molecule has 1 saturated heterocycles. The first kappa shape index (κ1) is 24.5. The third-order valence-corrected chi connectivity index (χ3v) is 7.55. The number of ether oxygens (including phenoxy) is 1. The Kier molecular flexibility index (Phi) is 8.95. The Morgan fingerprint density at radius 2 is 1.75 bits per heavy atom. The summed E-state index contributed by atoms with van der Waals surface area (Å²) in [6.45, 7) is 9.06. The van der Waals surface area contributed by atoms with Gasteiger partial charge in [-0.2, -0.15) is 0 Å². The lowest BCUT2D eigenvalue weighted by atomic mass is 9.83. The molecule has 0 spiro atoms. The maximum Gasteiger partial charge on any atom is 0.250 e. The summed E-state index contributed by atoms with van der Waals surface area (Å²) in [6, 6.07) is 4.08. The molecule has 1 heterocycles. The number of Topliss-reactive ketones (excluding diaryl/α,β-unsaturated/α-hetero) is 1. The fraction of sp³-hybridized carbons (Fsp3) is 0.643. The van der Waals surface area contributed by atoms with Crippen molar-refractivity contribution < 1.29 is 14.3 Å². The molecule has 1 aliphatic carbocycles. The van der Waals surface area contributed by atoms with Crippen LogP contribution in [0.1, 0.15) is 87.3 Å². The van der Waals surface area contributed by atoms with Gasteiger partial charge in [0.15, 0.2) is 5.78 Å². The number of ketones is 1. The second kappa shape index (κ2) is 11.7. The molecule has 1 aromatic rings. The van der Waals surface area contributed by atoms with E-state index in [9.17, 15) is 9.59 Å². The zero-order chi connectivity index (χ0) is 23.1.